The zero-order valence-corrected chi connectivity index (χ0v) is 9.15. The summed E-state index contributed by atoms with van der Waals surface area (Å²) >= 11 is 1.73. The van der Waals surface area contributed by atoms with Crippen molar-refractivity contribution >= 4 is 27.2 Å². The lowest BCUT2D eigenvalue weighted by atomic mass is 10.1. The van der Waals surface area contributed by atoms with E-state index < -0.39 is 0 Å². The second kappa shape index (κ2) is 3.54. The van der Waals surface area contributed by atoms with Crippen LogP contribution in [0.25, 0.3) is 10.1 Å². The SMILES string of the molecule is CCc1sc2ccccc2c1C(C)=O. The second-order valence-electron chi connectivity index (χ2n) is 3.31. The number of hydrogen-bond donors (Lipinski definition) is 0. The van der Waals surface area contributed by atoms with Gasteiger partial charge in [-0.05, 0) is 19.4 Å². The van der Waals surface area contributed by atoms with Crippen LogP contribution in [-0.4, -0.2) is 5.78 Å². The molecule has 0 aliphatic heterocycles. The van der Waals surface area contributed by atoms with Gasteiger partial charge in [-0.15, -0.1) is 11.3 Å². The van der Waals surface area contributed by atoms with Gasteiger partial charge in [-0.25, -0.2) is 0 Å². The van der Waals surface area contributed by atoms with Crippen molar-refractivity contribution in [2.45, 2.75) is 20.3 Å². The van der Waals surface area contributed by atoms with Gasteiger partial charge in [0, 0.05) is 20.5 Å². The molecule has 2 rings (SSSR count). The number of benzene rings is 1. The summed E-state index contributed by atoms with van der Waals surface area (Å²) in [4.78, 5) is 12.7. The predicted molar refractivity (Wildman–Crippen MR) is 61.2 cm³/mol. The molecule has 0 radical (unpaired) electrons. The fourth-order valence-corrected chi connectivity index (χ4v) is 2.92. The van der Waals surface area contributed by atoms with Gasteiger partial charge in [0.25, 0.3) is 0 Å². The molecule has 0 atom stereocenters. The third-order valence-electron chi connectivity index (χ3n) is 2.34. The fourth-order valence-electron chi connectivity index (χ4n) is 1.73. The standard InChI is InChI=1S/C12H12OS/c1-3-10-12(8(2)13)9-6-4-5-7-11(9)14-10/h4-7H,3H2,1-2H3. The van der Waals surface area contributed by atoms with Crippen molar-refractivity contribution < 1.29 is 4.79 Å². The molecule has 1 nitrogen and oxygen atoms in total. The summed E-state index contributed by atoms with van der Waals surface area (Å²) in [6.45, 7) is 3.74. The van der Waals surface area contributed by atoms with Crippen molar-refractivity contribution in [2.24, 2.45) is 0 Å². The number of carbonyl (C=O) groups excluding carboxylic acids is 1. The van der Waals surface area contributed by atoms with E-state index in [2.05, 4.69) is 13.0 Å². The van der Waals surface area contributed by atoms with Crippen LogP contribution in [0.4, 0.5) is 0 Å². The highest BCUT2D eigenvalue weighted by Gasteiger charge is 2.13. The molecular formula is C12H12OS. The molecule has 0 unspecified atom stereocenters. The zero-order chi connectivity index (χ0) is 10.1. The van der Waals surface area contributed by atoms with E-state index in [1.54, 1.807) is 18.3 Å². The first-order chi connectivity index (χ1) is 6.74. The van der Waals surface area contributed by atoms with Crippen LogP contribution in [0, 0.1) is 0 Å². The van der Waals surface area contributed by atoms with Crippen molar-refractivity contribution in [3.05, 3.63) is 34.7 Å². The summed E-state index contributed by atoms with van der Waals surface area (Å²) in [5.74, 6) is 0.180. The number of Topliss-reactive ketones (excluding diaryl/α,β-unsaturated/α-hetero) is 1. The predicted octanol–water partition coefficient (Wildman–Crippen LogP) is 3.67. The Morgan fingerprint density at radius 2 is 2.07 bits per heavy atom. The summed E-state index contributed by atoms with van der Waals surface area (Å²) in [5.41, 5.74) is 0.924. The Labute approximate surface area is 87.4 Å². The Hall–Kier alpha value is -1.15. The molecule has 0 fully saturated rings. The van der Waals surface area contributed by atoms with Gasteiger partial charge in [0.2, 0.25) is 0 Å². The summed E-state index contributed by atoms with van der Waals surface area (Å²) < 4.78 is 1.22. The third kappa shape index (κ3) is 1.36. The Morgan fingerprint density at radius 3 is 2.71 bits per heavy atom. The zero-order valence-electron chi connectivity index (χ0n) is 8.33. The first-order valence-corrected chi connectivity index (χ1v) is 5.57. The minimum absolute atomic E-state index is 0.180. The molecule has 1 heterocycles. The number of fused-ring (bicyclic) bond motifs is 1. The van der Waals surface area contributed by atoms with Crippen LogP contribution < -0.4 is 0 Å². The highest BCUT2D eigenvalue weighted by atomic mass is 32.1. The Bertz CT molecular complexity index is 482. The maximum atomic E-state index is 11.5. The first kappa shape index (κ1) is 9.41. The molecule has 1 aromatic heterocycles. The number of ketones is 1. The molecule has 0 N–H and O–H groups in total. The van der Waals surface area contributed by atoms with Crippen LogP contribution in [0.3, 0.4) is 0 Å². The maximum absolute atomic E-state index is 11.5. The molecular weight excluding hydrogens is 192 g/mol. The average Bonchev–Trinajstić information content (AvgIpc) is 2.55. The van der Waals surface area contributed by atoms with E-state index in [1.807, 2.05) is 18.2 Å². The highest BCUT2D eigenvalue weighted by Crippen LogP contribution is 2.31. The van der Waals surface area contributed by atoms with E-state index in [1.165, 1.54) is 9.58 Å². The minimum atomic E-state index is 0.180. The lowest BCUT2D eigenvalue weighted by Crippen LogP contribution is -1.93. The van der Waals surface area contributed by atoms with Crippen LogP contribution >= 0.6 is 11.3 Å². The monoisotopic (exact) mass is 204 g/mol. The lowest BCUT2D eigenvalue weighted by Gasteiger charge is -1.95. The van der Waals surface area contributed by atoms with Crippen molar-refractivity contribution in [2.75, 3.05) is 0 Å². The molecule has 0 saturated heterocycles. The van der Waals surface area contributed by atoms with Gasteiger partial charge in [-0.1, -0.05) is 25.1 Å². The van der Waals surface area contributed by atoms with E-state index in [9.17, 15) is 4.79 Å². The van der Waals surface area contributed by atoms with E-state index in [0.717, 1.165) is 17.4 Å². The van der Waals surface area contributed by atoms with Gasteiger partial charge in [0.15, 0.2) is 5.78 Å². The molecule has 0 amide bonds. The van der Waals surface area contributed by atoms with Gasteiger partial charge in [0.1, 0.15) is 0 Å². The molecule has 0 saturated carbocycles. The fraction of sp³-hybridized carbons (Fsp3) is 0.250. The van der Waals surface area contributed by atoms with Gasteiger partial charge < -0.3 is 0 Å². The molecule has 0 aliphatic carbocycles. The molecule has 1 aromatic carbocycles. The topological polar surface area (TPSA) is 17.1 Å². The number of rotatable bonds is 2. The number of carbonyl (C=O) groups is 1. The molecule has 0 aliphatic rings. The molecule has 2 aromatic rings. The van der Waals surface area contributed by atoms with Gasteiger partial charge in [0.05, 0.1) is 0 Å². The largest absolute Gasteiger partial charge is 0.294 e. The lowest BCUT2D eigenvalue weighted by molar-refractivity contribution is 0.101. The van der Waals surface area contributed by atoms with Gasteiger partial charge in [-0.3, -0.25) is 4.79 Å². The van der Waals surface area contributed by atoms with E-state index in [-0.39, 0.29) is 5.78 Å². The number of thiophene rings is 1. The average molecular weight is 204 g/mol. The van der Waals surface area contributed by atoms with E-state index in [0.29, 0.717) is 0 Å². The molecule has 14 heavy (non-hydrogen) atoms. The van der Waals surface area contributed by atoms with Crippen molar-refractivity contribution in [3.8, 4) is 0 Å². The summed E-state index contributed by atoms with van der Waals surface area (Å²) in [6, 6.07) is 8.11. The van der Waals surface area contributed by atoms with Crippen LogP contribution in [0.15, 0.2) is 24.3 Å². The van der Waals surface area contributed by atoms with Crippen LogP contribution in [0.5, 0.6) is 0 Å². The Morgan fingerprint density at radius 1 is 1.36 bits per heavy atom. The summed E-state index contributed by atoms with van der Waals surface area (Å²) in [6.07, 6.45) is 0.939. The van der Waals surface area contributed by atoms with E-state index >= 15 is 0 Å². The Balaban J connectivity index is 2.81. The molecule has 0 spiro atoms. The normalized spacial score (nSPS) is 10.7. The van der Waals surface area contributed by atoms with Crippen LogP contribution in [-0.2, 0) is 6.42 Å². The van der Waals surface area contributed by atoms with Crippen LogP contribution in [0.1, 0.15) is 29.1 Å². The first-order valence-electron chi connectivity index (χ1n) is 4.75. The van der Waals surface area contributed by atoms with Gasteiger partial charge >= 0.3 is 0 Å². The highest BCUT2D eigenvalue weighted by molar-refractivity contribution is 7.19. The van der Waals surface area contributed by atoms with Crippen LogP contribution in [0.2, 0.25) is 0 Å². The quantitative estimate of drug-likeness (QED) is 0.682. The minimum Gasteiger partial charge on any atom is -0.294 e. The maximum Gasteiger partial charge on any atom is 0.161 e. The summed E-state index contributed by atoms with van der Waals surface area (Å²) in [7, 11) is 0. The van der Waals surface area contributed by atoms with Crippen molar-refractivity contribution in [1.82, 2.24) is 0 Å². The van der Waals surface area contributed by atoms with Gasteiger partial charge in [-0.2, -0.15) is 0 Å². The molecule has 2 heteroatoms. The van der Waals surface area contributed by atoms with Crippen molar-refractivity contribution in [3.63, 3.8) is 0 Å². The number of hydrogen-bond acceptors (Lipinski definition) is 2. The summed E-state index contributed by atoms with van der Waals surface area (Å²) in [5, 5.41) is 1.11. The molecule has 72 valence electrons. The Kier molecular flexibility index (Phi) is 2.38. The smallest absolute Gasteiger partial charge is 0.161 e. The number of aryl methyl sites for hydroxylation is 1. The third-order valence-corrected chi connectivity index (χ3v) is 3.66. The second-order valence-corrected chi connectivity index (χ2v) is 4.44. The van der Waals surface area contributed by atoms with Crippen molar-refractivity contribution in [1.29, 1.82) is 0 Å². The molecule has 0 bridgehead atoms. The van der Waals surface area contributed by atoms with E-state index in [4.69, 9.17) is 0 Å².